The summed E-state index contributed by atoms with van der Waals surface area (Å²) >= 11 is 0. The lowest BCUT2D eigenvalue weighted by molar-refractivity contribution is -0.137. The van der Waals surface area contributed by atoms with Crippen LogP contribution in [0.15, 0.2) is 24.3 Å². The topological polar surface area (TPSA) is 49.3 Å². The molecule has 0 saturated carbocycles. The van der Waals surface area contributed by atoms with Crippen molar-refractivity contribution in [2.24, 2.45) is 0 Å². The molecule has 3 heteroatoms. The Morgan fingerprint density at radius 2 is 2.06 bits per heavy atom. The van der Waals surface area contributed by atoms with Gasteiger partial charge in [-0.3, -0.25) is 4.79 Å². The van der Waals surface area contributed by atoms with E-state index in [1.807, 2.05) is 13.1 Å². The molecular weight excluding hydrogens is 226 g/mol. The first-order valence-corrected chi connectivity index (χ1v) is 6.93. The second-order valence-corrected chi connectivity index (χ2v) is 4.49. The van der Waals surface area contributed by atoms with Gasteiger partial charge in [0.25, 0.3) is 0 Å². The number of hydrogen-bond acceptors (Lipinski definition) is 2. The second-order valence-electron chi connectivity index (χ2n) is 4.49. The van der Waals surface area contributed by atoms with E-state index in [-0.39, 0.29) is 12.5 Å². The van der Waals surface area contributed by atoms with Crippen LogP contribution in [0.2, 0.25) is 0 Å². The Hall–Kier alpha value is -1.09. The standard InChI is InChI=1S/C15H27NO2/c1-3-4-5-6-7-8-9-11-14(16-2)12-10-13-15(17)18/h7-9,11,14,16H,3-6,10,12-13H2,1-2H3,(H,17,18)/b8-7-,11-9+. The van der Waals surface area contributed by atoms with Crippen LogP contribution in [-0.4, -0.2) is 24.2 Å². The number of rotatable bonds is 11. The zero-order valence-corrected chi connectivity index (χ0v) is 11.7. The van der Waals surface area contributed by atoms with Crippen molar-refractivity contribution in [2.45, 2.75) is 57.9 Å². The number of carbonyl (C=O) groups is 1. The number of carboxylic acid groups (broad SMARTS) is 1. The molecule has 0 amide bonds. The summed E-state index contributed by atoms with van der Waals surface area (Å²) in [4.78, 5) is 10.4. The van der Waals surface area contributed by atoms with Gasteiger partial charge in [0, 0.05) is 12.5 Å². The summed E-state index contributed by atoms with van der Waals surface area (Å²) in [6.07, 6.45) is 15.2. The van der Waals surface area contributed by atoms with Crippen LogP contribution in [0.25, 0.3) is 0 Å². The Balaban J connectivity index is 3.72. The molecule has 2 N–H and O–H groups in total. The van der Waals surface area contributed by atoms with Crippen LogP contribution in [0, 0.1) is 0 Å². The molecule has 0 spiro atoms. The Kier molecular flexibility index (Phi) is 11.6. The van der Waals surface area contributed by atoms with E-state index in [1.54, 1.807) is 0 Å². The second kappa shape index (κ2) is 12.4. The minimum atomic E-state index is -0.718. The van der Waals surface area contributed by atoms with Gasteiger partial charge in [0.2, 0.25) is 0 Å². The van der Waals surface area contributed by atoms with E-state index in [4.69, 9.17) is 5.11 Å². The zero-order chi connectivity index (χ0) is 13.6. The summed E-state index contributed by atoms with van der Waals surface area (Å²) in [5.74, 6) is -0.718. The first kappa shape index (κ1) is 16.9. The lowest BCUT2D eigenvalue weighted by Crippen LogP contribution is -2.22. The van der Waals surface area contributed by atoms with E-state index in [1.165, 1.54) is 19.3 Å². The van der Waals surface area contributed by atoms with E-state index in [0.717, 1.165) is 12.8 Å². The number of hydrogen-bond donors (Lipinski definition) is 2. The van der Waals surface area contributed by atoms with Crippen LogP contribution >= 0.6 is 0 Å². The van der Waals surface area contributed by atoms with Gasteiger partial charge in [-0.05, 0) is 32.7 Å². The first-order valence-electron chi connectivity index (χ1n) is 6.93. The first-order chi connectivity index (χ1) is 8.70. The SMILES string of the molecule is CCCCC/C=C\C=C\C(CCCC(=O)O)NC. The van der Waals surface area contributed by atoms with E-state index >= 15 is 0 Å². The highest BCUT2D eigenvalue weighted by Gasteiger charge is 2.02. The van der Waals surface area contributed by atoms with Crippen LogP contribution in [0.1, 0.15) is 51.9 Å². The highest BCUT2D eigenvalue weighted by molar-refractivity contribution is 5.66. The summed E-state index contributed by atoms with van der Waals surface area (Å²) in [5, 5.41) is 11.7. The maximum atomic E-state index is 10.4. The average Bonchev–Trinajstić information content (AvgIpc) is 2.35. The summed E-state index contributed by atoms with van der Waals surface area (Å²) in [6, 6.07) is 0.268. The minimum Gasteiger partial charge on any atom is -0.481 e. The van der Waals surface area contributed by atoms with Crippen LogP contribution in [0.4, 0.5) is 0 Å². The van der Waals surface area contributed by atoms with Gasteiger partial charge in [0.15, 0.2) is 0 Å². The van der Waals surface area contributed by atoms with Crippen LogP contribution in [0.3, 0.4) is 0 Å². The van der Waals surface area contributed by atoms with E-state index in [0.29, 0.717) is 6.42 Å². The molecule has 0 bridgehead atoms. The Bertz CT molecular complexity index is 259. The molecule has 1 unspecified atom stereocenters. The number of aliphatic carboxylic acids is 1. The molecule has 0 aliphatic rings. The van der Waals surface area contributed by atoms with E-state index in [2.05, 4.69) is 30.5 Å². The number of carboxylic acids is 1. The third kappa shape index (κ3) is 11.4. The van der Waals surface area contributed by atoms with E-state index in [9.17, 15) is 4.79 Å². The predicted molar refractivity (Wildman–Crippen MR) is 76.8 cm³/mol. The summed E-state index contributed by atoms with van der Waals surface area (Å²) < 4.78 is 0. The lowest BCUT2D eigenvalue weighted by atomic mass is 10.1. The van der Waals surface area contributed by atoms with Crippen molar-refractivity contribution in [2.75, 3.05) is 7.05 Å². The monoisotopic (exact) mass is 253 g/mol. The molecule has 18 heavy (non-hydrogen) atoms. The number of allylic oxidation sites excluding steroid dienone is 3. The van der Waals surface area contributed by atoms with Gasteiger partial charge in [-0.2, -0.15) is 0 Å². The number of nitrogens with one attached hydrogen (secondary N) is 1. The van der Waals surface area contributed by atoms with Crippen LogP contribution in [0.5, 0.6) is 0 Å². The molecule has 0 aromatic rings. The van der Waals surface area contributed by atoms with Crippen molar-refractivity contribution in [1.82, 2.24) is 5.32 Å². The molecule has 0 aliphatic carbocycles. The van der Waals surface area contributed by atoms with Gasteiger partial charge in [-0.1, -0.05) is 44.1 Å². The van der Waals surface area contributed by atoms with Crippen LogP contribution in [-0.2, 0) is 4.79 Å². The van der Waals surface area contributed by atoms with Crippen molar-refractivity contribution in [3.05, 3.63) is 24.3 Å². The molecule has 0 fully saturated rings. The molecule has 104 valence electrons. The molecule has 0 aliphatic heterocycles. The maximum Gasteiger partial charge on any atom is 0.303 e. The third-order valence-electron chi connectivity index (χ3n) is 2.84. The smallest absolute Gasteiger partial charge is 0.303 e. The Morgan fingerprint density at radius 3 is 2.67 bits per heavy atom. The molecule has 1 atom stereocenters. The molecule has 3 nitrogen and oxygen atoms in total. The maximum absolute atomic E-state index is 10.4. The molecular formula is C15H27NO2. The van der Waals surface area contributed by atoms with Gasteiger partial charge in [-0.15, -0.1) is 0 Å². The fourth-order valence-electron chi connectivity index (χ4n) is 1.70. The molecule has 0 saturated heterocycles. The molecule has 0 rings (SSSR count). The molecule has 0 heterocycles. The predicted octanol–water partition coefficient (Wildman–Crippen LogP) is 3.52. The lowest BCUT2D eigenvalue weighted by Gasteiger charge is -2.09. The third-order valence-corrected chi connectivity index (χ3v) is 2.84. The van der Waals surface area contributed by atoms with Gasteiger partial charge in [0.1, 0.15) is 0 Å². The van der Waals surface area contributed by atoms with Gasteiger partial charge in [-0.25, -0.2) is 0 Å². The largest absolute Gasteiger partial charge is 0.481 e. The van der Waals surface area contributed by atoms with Crippen LogP contribution < -0.4 is 5.32 Å². The normalized spacial score (nSPS) is 13.4. The average molecular weight is 253 g/mol. The fraction of sp³-hybridized carbons (Fsp3) is 0.667. The molecule has 0 aromatic carbocycles. The highest BCUT2D eigenvalue weighted by Crippen LogP contribution is 2.03. The highest BCUT2D eigenvalue weighted by atomic mass is 16.4. The van der Waals surface area contributed by atoms with Crippen molar-refractivity contribution >= 4 is 5.97 Å². The number of likely N-dealkylation sites (N-methyl/N-ethyl adjacent to an activating group) is 1. The van der Waals surface area contributed by atoms with Crippen molar-refractivity contribution < 1.29 is 9.90 Å². The minimum absolute atomic E-state index is 0.249. The van der Waals surface area contributed by atoms with Gasteiger partial charge < -0.3 is 10.4 Å². The van der Waals surface area contributed by atoms with Crippen molar-refractivity contribution in [3.8, 4) is 0 Å². The Morgan fingerprint density at radius 1 is 1.28 bits per heavy atom. The zero-order valence-electron chi connectivity index (χ0n) is 11.7. The van der Waals surface area contributed by atoms with Gasteiger partial charge >= 0.3 is 5.97 Å². The summed E-state index contributed by atoms with van der Waals surface area (Å²) in [6.45, 7) is 2.21. The molecule has 0 aromatic heterocycles. The summed E-state index contributed by atoms with van der Waals surface area (Å²) in [7, 11) is 1.90. The number of unbranched alkanes of at least 4 members (excludes halogenated alkanes) is 3. The van der Waals surface area contributed by atoms with E-state index < -0.39 is 5.97 Å². The summed E-state index contributed by atoms with van der Waals surface area (Å²) in [5.41, 5.74) is 0. The van der Waals surface area contributed by atoms with Crippen molar-refractivity contribution in [1.29, 1.82) is 0 Å². The fourth-order valence-corrected chi connectivity index (χ4v) is 1.70. The quantitative estimate of drug-likeness (QED) is 0.437. The van der Waals surface area contributed by atoms with Gasteiger partial charge in [0.05, 0.1) is 0 Å². The molecule has 0 radical (unpaired) electrons. The van der Waals surface area contributed by atoms with Crippen molar-refractivity contribution in [3.63, 3.8) is 0 Å². The Labute approximate surface area is 111 Å².